The molecule has 1 amide bonds. The number of nitrogens with one attached hydrogen (secondary N) is 1. The highest BCUT2D eigenvalue weighted by Crippen LogP contribution is 2.30. The smallest absolute Gasteiger partial charge is 0.416 e. The fourth-order valence-corrected chi connectivity index (χ4v) is 2.02. The molecule has 0 aliphatic carbocycles. The molecule has 0 radical (unpaired) electrons. The lowest BCUT2D eigenvalue weighted by molar-refractivity contribution is -0.137. The highest BCUT2D eigenvalue weighted by Gasteiger charge is 2.31. The molecule has 1 aromatic heterocycles. The Bertz CT molecular complexity index is 860. The van der Waals surface area contributed by atoms with Gasteiger partial charge < -0.3 is 9.73 Å². The molecule has 2 aromatic rings. The van der Waals surface area contributed by atoms with Gasteiger partial charge in [0.25, 0.3) is 5.91 Å². The highest BCUT2D eigenvalue weighted by atomic mass is 19.4. The number of amides is 1. The maximum absolute atomic E-state index is 13.4. The lowest BCUT2D eigenvalue weighted by atomic mass is 10.1. The van der Waals surface area contributed by atoms with Crippen LogP contribution in [0, 0.1) is 24.1 Å². The van der Waals surface area contributed by atoms with Crippen LogP contribution in [0.3, 0.4) is 0 Å². The Morgan fingerprint density at radius 1 is 1.32 bits per heavy atom. The number of nitriles is 1. The first-order valence-corrected chi connectivity index (χ1v) is 7.02. The Hall–Kier alpha value is -3.08. The molecule has 1 N–H and O–H groups in total. The van der Waals surface area contributed by atoms with Gasteiger partial charge >= 0.3 is 6.18 Å². The van der Waals surface area contributed by atoms with Gasteiger partial charge in [0.05, 0.1) is 12.1 Å². The van der Waals surface area contributed by atoms with Crippen molar-refractivity contribution in [1.82, 2.24) is 5.32 Å². The number of benzene rings is 1. The number of nitrogens with zero attached hydrogens (tertiary/aromatic N) is 1. The van der Waals surface area contributed by atoms with Gasteiger partial charge in [0.1, 0.15) is 29.0 Å². The Morgan fingerprint density at radius 3 is 2.60 bits per heavy atom. The molecule has 25 heavy (non-hydrogen) atoms. The number of furan rings is 1. The number of carbonyl (C=O) groups excluding carboxylic acids is 1. The Morgan fingerprint density at radius 2 is 2.04 bits per heavy atom. The Labute approximate surface area is 140 Å². The van der Waals surface area contributed by atoms with Gasteiger partial charge in [-0.3, -0.25) is 4.79 Å². The molecule has 0 aliphatic heterocycles. The van der Waals surface area contributed by atoms with Crippen molar-refractivity contribution in [3.63, 3.8) is 0 Å². The molecule has 0 fully saturated rings. The van der Waals surface area contributed by atoms with Crippen LogP contribution >= 0.6 is 0 Å². The highest BCUT2D eigenvalue weighted by molar-refractivity contribution is 6.01. The van der Waals surface area contributed by atoms with Gasteiger partial charge in [-0.2, -0.15) is 18.4 Å². The van der Waals surface area contributed by atoms with E-state index in [4.69, 9.17) is 9.68 Å². The first-order valence-electron chi connectivity index (χ1n) is 7.02. The van der Waals surface area contributed by atoms with Crippen molar-refractivity contribution in [2.45, 2.75) is 19.6 Å². The SMILES string of the molecule is Cc1ccc(CNC(=O)C(C#N)=Cc2cc(F)cc(C(F)(F)F)c2)o1. The molecule has 1 aromatic carbocycles. The normalized spacial score (nSPS) is 11.9. The number of hydrogen-bond acceptors (Lipinski definition) is 3. The summed E-state index contributed by atoms with van der Waals surface area (Å²) in [5.41, 5.74) is -1.91. The number of aryl methyl sites for hydroxylation is 1. The van der Waals surface area contributed by atoms with E-state index in [1.54, 1.807) is 25.1 Å². The van der Waals surface area contributed by atoms with E-state index in [1.807, 2.05) is 0 Å². The van der Waals surface area contributed by atoms with Gasteiger partial charge in [0.2, 0.25) is 0 Å². The predicted octanol–water partition coefficient (Wildman–Crippen LogP) is 3.97. The molecule has 0 saturated carbocycles. The minimum Gasteiger partial charge on any atom is -0.465 e. The molecule has 0 aliphatic rings. The maximum Gasteiger partial charge on any atom is 0.416 e. The monoisotopic (exact) mass is 352 g/mol. The molecule has 0 saturated heterocycles. The fourth-order valence-electron chi connectivity index (χ4n) is 2.02. The van der Waals surface area contributed by atoms with Crippen LogP contribution in [-0.2, 0) is 17.5 Å². The number of halogens is 4. The van der Waals surface area contributed by atoms with E-state index < -0.39 is 29.0 Å². The summed E-state index contributed by atoms with van der Waals surface area (Å²) in [6.45, 7) is 1.72. The third-order valence-electron chi connectivity index (χ3n) is 3.14. The molecule has 8 heteroatoms. The van der Waals surface area contributed by atoms with Crippen LogP contribution in [0.5, 0.6) is 0 Å². The third kappa shape index (κ3) is 4.94. The summed E-state index contributed by atoms with van der Waals surface area (Å²) in [6.07, 6.45) is -3.85. The third-order valence-corrected chi connectivity index (χ3v) is 3.14. The molecule has 0 bridgehead atoms. The zero-order chi connectivity index (χ0) is 18.6. The zero-order valence-electron chi connectivity index (χ0n) is 12.9. The van der Waals surface area contributed by atoms with Crippen LogP contribution in [0.4, 0.5) is 17.6 Å². The summed E-state index contributed by atoms with van der Waals surface area (Å²) in [7, 11) is 0. The van der Waals surface area contributed by atoms with E-state index in [1.165, 1.54) is 0 Å². The molecule has 0 atom stereocenters. The average Bonchev–Trinajstić information content (AvgIpc) is 2.94. The number of alkyl halides is 3. The van der Waals surface area contributed by atoms with E-state index >= 15 is 0 Å². The fraction of sp³-hybridized carbons (Fsp3) is 0.176. The van der Waals surface area contributed by atoms with Crippen LogP contribution < -0.4 is 5.32 Å². The van der Waals surface area contributed by atoms with E-state index in [0.29, 0.717) is 23.7 Å². The van der Waals surface area contributed by atoms with E-state index in [9.17, 15) is 22.4 Å². The number of hydrogen-bond donors (Lipinski definition) is 1. The summed E-state index contributed by atoms with van der Waals surface area (Å²) in [5, 5.41) is 11.4. The van der Waals surface area contributed by atoms with Crippen LogP contribution in [0.25, 0.3) is 6.08 Å². The first kappa shape index (κ1) is 18.3. The standard InChI is InChI=1S/C17H12F4N2O2/c1-10-2-3-15(25-10)9-23-16(24)12(8-22)4-11-5-13(17(19,20)21)7-14(18)6-11/h2-7H,9H2,1H3,(H,23,24). The second-order valence-electron chi connectivity index (χ2n) is 5.14. The molecule has 4 nitrogen and oxygen atoms in total. The molecule has 0 unspecified atom stereocenters. The van der Waals surface area contributed by atoms with Crippen molar-refractivity contribution in [1.29, 1.82) is 5.26 Å². The summed E-state index contributed by atoms with van der Waals surface area (Å²) >= 11 is 0. The summed E-state index contributed by atoms with van der Waals surface area (Å²) in [5.74, 6) is -0.841. The van der Waals surface area contributed by atoms with Gasteiger partial charge in [0, 0.05) is 0 Å². The van der Waals surface area contributed by atoms with Crippen molar-refractivity contribution in [2.75, 3.05) is 0 Å². The van der Waals surface area contributed by atoms with Crippen LogP contribution in [0.15, 0.2) is 40.3 Å². The lowest BCUT2D eigenvalue weighted by Crippen LogP contribution is -2.23. The van der Waals surface area contributed by atoms with Crippen molar-refractivity contribution < 1.29 is 26.8 Å². The van der Waals surface area contributed by atoms with Crippen molar-refractivity contribution in [3.05, 3.63) is 64.4 Å². The first-order chi connectivity index (χ1) is 11.7. The largest absolute Gasteiger partial charge is 0.465 e. The number of rotatable bonds is 4. The van der Waals surface area contributed by atoms with Crippen LogP contribution in [-0.4, -0.2) is 5.91 Å². The van der Waals surface area contributed by atoms with Gasteiger partial charge in [-0.1, -0.05) is 0 Å². The molecule has 2 rings (SSSR count). The van der Waals surface area contributed by atoms with Crippen molar-refractivity contribution >= 4 is 12.0 Å². The van der Waals surface area contributed by atoms with Gasteiger partial charge in [-0.05, 0) is 48.9 Å². The van der Waals surface area contributed by atoms with E-state index in [2.05, 4.69) is 5.32 Å². The Kier molecular flexibility index (Phi) is 5.27. The van der Waals surface area contributed by atoms with Gasteiger partial charge in [0.15, 0.2) is 0 Å². The molecule has 1 heterocycles. The lowest BCUT2D eigenvalue weighted by Gasteiger charge is -2.08. The predicted molar refractivity (Wildman–Crippen MR) is 80.3 cm³/mol. The van der Waals surface area contributed by atoms with Crippen LogP contribution in [0.1, 0.15) is 22.6 Å². The van der Waals surface area contributed by atoms with E-state index in [-0.39, 0.29) is 12.1 Å². The second kappa shape index (κ2) is 7.21. The maximum atomic E-state index is 13.4. The minimum atomic E-state index is -4.74. The molecule has 130 valence electrons. The summed E-state index contributed by atoms with van der Waals surface area (Å²) < 4.78 is 56.7. The minimum absolute atomic E-state index is 0.00262. The Balaban J connectivity index is 2.20. The molecular weight excluding hydrogens is 340 g/mol. The molecular formula is C17H12F4N2O2. The molecule has 0 spiro atoms. The quantitative estimate of drug-likeness (QED) is 0.514. The zero-order valence-corrected chi connectivity index (χ0v) is 12.9. The van der Waals surface area contributed by atoms with Crippen LogP contribution in [0.2, 0.25) is 0 Å². The summed E-state index contributed by atoms with van der Waals surface area (Å²) in [4.78, 5) is 12.0. The topological polar surface area (TPSA) is 66.0 Å². The van der Waals surface area contributed by atoms with Crippen molar-refractivity contribution in [2.24, 2.45) is 0 Å². The average molecular weight is 352 g/mol. The second-order valence-corrected chi connectivity index (χ2v) is 5.14. The van der Waals surface area contributed by atoms with Gasteiger partial charge in [-0.25, -0.2) is 4.39 Å². The van der Waals surface area contributed by atoms with Crippen molar-refractivity contribution in [3.8, 4) is 6.07 Å². The number of carbonyl (C=O) groups is 1. The van der Waals surface area contributed by atoms with E-state index in [0.717, 1.165) is 12.1 Å². The van der Waals surface area contributed by atoms with Gasteiger partial charge in [-0.15, -0.1) is 0 Å². The summed E-state index contributed by atoms with van der Waals surface area (Å²) in [6, 6.07) is 6.70.